The Hall–Kier alpha value is -0.340. The molecule has 0 aromatic heterocycles. The highest BCUT2D eigenvalue weighted by molar-refractivity contribution is 7.99. The van der Waals surface area contributed by atoms with Gasteiger partial charge in [0.25, 0.3) is 0 Å². The Bertz CT molecular complexity index is 558. The summed E-state index contributed by atoms with van der Waals surface area (Å²) in [5.74, 6) is 1.36. The van der Waals surface area contributed by atoms with E-state index in [1.165, 1.54) is 13.5 Å². The van der Waals surface area contributed by atoms with E-state index in [-0.39, 0.29) is 11.4 Å². The summed E-state index contributed by atoms with van der Waals surface area (Å²) < 4.78 is 17.5. The van der Waals surface area contributed by atoms with E-state index in [0.717, 1.165) is 19.3 Å². The maximum atomic E-state index is 11.4. The van der Waals surface area contributed by atoms with Crippen molar-refractivity contribution in [1.29, 1.82) is 0 Å². The zero-order chi connectivity index (χ0) is 18.5. The van der Waals surface area contributed by atoms with Crippen molar-refractivity contribution in [3.63, 3.8) is 0 Å². The van der Waals surface area contributed by atoms with E-state index in [2.05, 4.69) is 13.8 Å². The van der Waals surface area contributed by atoms with Crippen molar-refractivity contribution in [2.45, 2.75) is 76.0 Å². The minimum atomic E-state index is -0.737. The van der Waals surface area contributed by atoms with Crippen molar-refractivity contribution < 1.29 is 28.8 Å². The summed E-state index contributed by atoms with van der Waals surface area (Å²) in [6, 6.07) is 0. The van der Waals surface area contributed by atoms with E-state index in [0.29, 0.717) is 35.8 Å². The highest BCUT2D eigenvalue weighted by Crippen LogP contribution is 2.61. The first-order chi connectivity index (χ1) is 12.4. The number of hydrogen-bond acceptors (Lipinski definition) is 7. The van der Waals surface area contributed by atoms with Crippen LogP contribution in [0.4, 0.5) is 0 Å². The first-order valence-electron chi connectivity index (χ1n) is 9.78. The fourth-order valence-corrected chi connectivity index (χ4v) is 6.61. The third-order valence-electron chi connectivity index (χ3n) is 6.91. The van der Waals surface area contributed by atoms with Crippen LogP contribution in [-0.2, 0) is 28.8 Å². The summed E-state index contributed by atoms with van der Waals surface area (Å²) in [4.78, 5) is 23.4. The number of hydrogen-bond donors (Lipinski definition) is 0. The maximum Gasteiger partial charge on any atom is 0.306 e. The zero-order valence-electron chi connectivity index (χ0n) is 16.1. The predicted octanol–water partition coefficient (Wildman–Crippen LogP) is 3.49. The van der Waals surface area contributed by atoms with Crippen LogP contribution in [0.1, 0.15) is 52.9 Å². The lowest BCUT2D eigenvalue weighted by molar-refractivity contribution is -0.568. The van der Waals surface area contributed by atoms with Crippen molar-refractivity contribution in [3.8, 4) is 0 Å². The smallest absolute Gasteiger partial charge is 0.306 e. The fraction of sp³-hybridized carbons (Fsp3) is 0.947. The van der Waals surface area contributed by atoms with E-state index in [1.54, 1.807) is 11.8 Å². The third-order valence-corrected chi connectivity index (χ3v) is 8.22. The van der Waals surface area contributed by atoms with Gasteiger partial charge < -0.3 is 14.2 Å². The highest BCUT2D eigenvalue weighted by Gasteiger charge is 2.69. The lowest BCUT2D eigenvalue weighted by Gasteiger charge is -2.60. The van der Waals surface area contributed by atoms with Crippen molar-refractivity contribution >= 4 is 17.7 Å². The second kappa shape index (κ2) is 6.92. The van der Waals surface area contributed by atoms with Gasteiger partial charge >= 0.3 is 5.97 Å². The molecule has 0 radical (unpaired) electrons. The Morgan fingerprint density at radius 2 is 2.00 bits per heavy atom. The molecule has 0 N–H and O–H groups in total. The van der Waals surface area contributed by atoms with Gasteiger partial charge in [-0.3, -0.25) is 4.79 Å². The number of rotatable bonds is 4. The van der Waals surface area contributed by atoms with Gasteiger partial charge in [-0.15, -0.1) is 11.8 Å². The zero-order valence-corrected chi connectivity index (χ0v) is 16.9. The van der Waals surface area contributed by atoms with Gasteiger partial charge in [-0.05, 0) is 43.9 Å². The molecule has 7 heteroatoms. The average Bonchev–Trinajstić information content (AvgIpc) is 2.85. The van der Waals surface area contributed by atoms with Crippen LogP contribution in [0.5, 0.6) is 0 Å². The molecule has 5 fully saturated rings. The monoisotopic (exact) mass is 386 g/mol. The molecular formula is C19H30O6S. The number of esters is 1. The Balaban J connectivity index is 1.57. The molecule has 2 bridgehead atoms. The first kappa shape index (κ1) is 19.0. The standard InChI is InChI=1S/C19H30O6S/c1-11-5-6-14-12(2)16(26-10-8-15(20)21-4)22-17-19(14)13(11)7-9-18(3,23-17)24-25-19/h11-14,16-17H,5-10H2,1-4H3/t11-,12-,13+,14+,16+,17-,18-,19-/m1/s1. The molecule has 0 unspecified atom stereocenters. The lowest BCUT2D eigenvalue weighted by atomic mass is 9.58. The van der Waals surface area contributed by atoms with E-state index >= 15 is 0 Å². The van der Waals surface area contributed by atoms with E-state index in [1.807, 2.05) is 6.92 Å². The number of ether oxygens (including phenoxy) is 3. The second-order valence-electron chi connectivity index (χ2n) is 8.47. The lowest BCUT2D eigenvalue weighted by Crippen LogP contribution is -2.70. The summed E-state index contributed by atoms with van der Waals surface area (Å²) >= 11 is 1.68. The van der Waals surface area contributed by atoms with Crippen molar-refractivity contribution in [2.24, 2.45) is 23.7 Å². The maximum absolute atomic E-state index is 11.4. The molecule has 0 aromatic carbocycles. The van der Waals surface area contributed by atoms with Gasteiger partial charge in [0.2, 0.25) is 5.79 Å². The molecule has 0 aromatic rings. The predicted molar refractivity (Wildman–Crippen MR) is 95.9 cm³/mol. The van der Waals surface area contributed by atoms with Gasteiger partial charge in [0.1, 0.15) is 5.44 Å². The fourth-order valence-electron chi connectivity index (χ4n) is 5.42. The van der Waals surface area contributed by atoms with Gasteiger partial charge in [-0.25, -0.2) is 9.78 Å². The highest BCUT2D eigenvalue weighted by atomic mass is 32.2. The van der Waals surface area contributed by atoms with E-state index < -0.39 is 17.7 Å². The summed E-state index contributed by atoms with van der Waals surface area (Å²) in [6.45, 7) is 6.50. The Kier molecular flexibility index (Phi) is 5.06. The topological polar surface area (TPSA) is 63.2 Å². The number of fused-ring (bicyclic) bond motifs is 2. The van der Waals surface area contributed by atoms with Crippen LogP contribution in [0.2, 0.25) is 0 Å². The van der Waals surface area contributed by atoms with Crippen LogP contribution in [0, 0.1) is 23.7 Å². The van der Waals surface area contributed by atoms with Gasteiger partial charge in [-0.2, -0.15) is 0 Å². The third kappa shape index (κ3) is 2.91. The molecule has 5 rings (SSSR count). The van der Waals surface area contributed by atoms with Crippen molar-refractivity contribution in [2.75, 3.05) is 12.9 Å². The molecule has 5 aliphatic rings. The molecule has 4 aliphatic heterocycles. The number of thioether (sulfide) groups is 1. The van der Waals surface area contributed by atoms with Crippen LogP contribution in [0.15, 0.2) is 0 Å². The minimum Gasteiger partial charge on any atom is -0.469 e. The number of methoxy groups -OCH3 is 1. The van der Waals surface area contributed by atoms with E-state index in [4.69, 9.17) is 24.0 Å². The number of carbonyl (C=O) groups excluding carboxylic acids is 1. The van der Waals surface area contributed by atoms with Gasteiger partial charge in [0.05, 0.1) is 13.5 Å². The van der Waals surface area contributed by atoms with Crippen LogP contribution in [0.25, 0.3) is 0 Å². The van der Waals surface area contributed by atoms with Gasteiger partial charge in [0, 0.05) is 18.1 Å². The van der Waals surface area contributed by atoms with Crippen LogP contribution in [-0.4, -0.2) is 41.9 Å². The molecule has 4 heterocycles. The molecule has 6 nitrogen and oxygen atoms in total. The summed E-state index contributed by atoms with van der Waals surface area (Å²) in [6.07, 6.45) is 4.15. The molecule has 26 heavy (non-hydrogen) atoms. The Morgan fingerprint density at radius 3 is 2.77 bits per heavy atom. The van der Waals surface area contributed by atoms with Crippen LogP contribution >= 0.6 is 11.8 Å². The van der Waals surface area contributed by atoms with Gasteiger partial charge in [0.15, 0.2) is 11.9 Å². The van der Waals surface area contributed by atoms with Crippen LogP contribution in [0.3, 0.4) is 0 Å². The molecule has 148 valence electrons. The summed E-state index contributed by atoms with van der Waals surface area (Å²) in [7, 11) is 1.42. The molecule has 4 saturated heterocycles. The Morgan fingerprint density at radius 1 is 1.19 bits per heavy atom. The average molecular weight is 387 g/mol. The SMILES string of the molecule is COC(=O)CCS[C@@H]1O[C@@H]2O[C@@]3(C)CC[C@H]4[C@H](C)CC[C@@H]([C@H]1C)[C@@]24OO3. The van der Waals surface area contributed by atoms with Crippen LogP contribution < -0.4 is 0 Å². The van der Waals surface area contributed by atoms with Crippen molar-refractivity contribution in [1.82, 2.24) is 0 Å². The Labute approximate surface area is 159 Å². The first-order valence-corrected chi connectivity index (χ1v) is 10.8. The number of carbonyl (C=O) groups is 1. The van der Waals surface area contributed by atoms with E-state index in [9.17, 15) is 4.79 Å². The van der Waals surface area contributed by atoms with Gasteiger partial charge in [-0.1, -0.05) is 13.8 Å². The minimum absolute atomic E-state index is 0.0131. The van der Waals surface area contributed by atoms with Crippen molar-refractivity contribution in [3.05, 3.63) is 0 Å². The molecule has 8 atom stereocenters. The normalized spacial score (nSPS) is 50.0. The molecule has 1 spiro atoms. The largest absolute Gasteiger partial charge is 0.469 e. The summed E-state index contributed by atoms with van der Waals surface area (Å²) in [5, 5.41) is 0. The molecule has 0 amide bonds. The quantitative estimate of drug-likeness (QED) is 0.541. The second-order valence-corrected chi connectivity index (χ2v) is 9.68. The molecule has 1 aliphatic carbocycles. The summed E-state index contributed by atoms with van der Waals surface area (Å²) in [5.41, 5.74) is -0.521. The molecular weight excluding hydrogens is 356 g/mol. The molecule has 1 saturated carbocycles.